The molecular weight excluding hydrogens is 755 g/mol. The number of unbranched alkanes of at least 4 members (excludes halogenated alkanes) is 3. The Bertz CT molecular complexity index is 2990. The number of hydrogen-bond acceptors (Lipinski definition) is 4. The lowest BCUT2D eigenvalue weighted by atomic mass is 9.86. The lowest BCUT2D eigenvalue weighted by Gasteiger charge is -2.19. The largest absolute Gasteiger partial charge is 0.309 e. The smallest absolute Gasteiger partial charge is 0.166 e. The quantitative estimate of drug-likeness (QED) is 0.129. The minimum Gasteiger partial charge on any atom is -0.309 e. The molecule has 6 aromatic carbocycles. The second-order valence-electron chi connectivity index (χ2n) is 19.1. The van der Waals surface area contributed by atoms with Gasteiger partial charge in [-0.1, -0.05) is 177 Å². The van der Waals surface area contributed by atoms with Crippen molar-refractivity contribution < 1.29 is 0 Å². The average Bonchev–Trinajstić information content (AvgIpc) is 3.60. The van der Waals surface area contributed by atoms with E-state index in [-0.39, 0.29) is 10.8 Å². The number of aryl methyl sites for hydroxylation is 2. The minimum absolute atomic E-state index is 0.0356. The van der Waals surface area contributed by atoms with Crippen molar-refractivity contribution in [2.45, 2.75) is 98.3 Å². The molecule has 0 amide bonds. The summed E-state index contributed by atoms with van der Waals surface area (Å²) in [5.41, 5.74) is 13.6. The van der Waals surface area contributed by atoms with E-state index in [0.29, 0.717) is 17.5 Å². The molecule has 5 heteroatoms. The molecule has 0 saturated carbocycles. The molecule has 0 unspecified atom stereocenters. The van der Waals surface area contributed by atoms with Gasteiger partial charge in [0.05, 0.1) is 16.7 Å². The molecule has 0 bridgehead atoms. The summed E-state index contributed by atoms with van der Waals surface area (Å²) in [5.74, 6) is 1.87. The van der Waals surface area contributed by atoms with Crippen molar-refractivity contribution in [1.29, 1.82) is 0 Å². The van der Waals surface area contributed by atoms with Crippen LogP contribution in [0.3, 0.4) is 0 Å². The van der Waals surface area contributed by atoms with Crippen LogP contribution in [0.1, 0.15) is 96.4 Å². The van der Waals surface area contributed by atoms with Crippen molar-refractivity contribution in [3.05, 3.63) is 162 Å². The fourth-order valence-electron chi connectivity index (χ4n) is 8.86. The molecule has 3 aromatic heterocycles. The summed E-state index contributed by atoms with van der Waals surface area (Å²) < 4.78 is 2.45. The van der Waals surface area contributed by atoms with Crippen molar-refractivity contribution in [3.63, 3.8) is 0 Å². The van der Waals surface area contributed by atoms with E-state index in [1.54, 1.807) is 0 Å². The zero-order valence-electron chi connectivity index (χ0n) is 37.6. The second-order valence-corrected chi connectivity index (χ2v) is 19.1. The van der Waals surface area contributed by atoms with Crippen LogP contribution in [0.25, 0.3) is 83.7 Å². The maximum atomic E-state index is 5.27. The highest BCUT2D eigenvalue weighted by atomic mass is 15.0. The molecule has 0 atom stereocenters. The summed E-state index contributed by atoms with van der Waals surface area (Å²) in [5, 5.41) is 4.56. The third-order valence-corrected chi connectivity index (χ3v) is 12.3. The van der Waals surface area contributed by atoms with Crippen LogP contribution >= 0.6 is 0 Å². The molecule has 0 spiro atoms. The van der Waals surface area contributed by atoms with Gasteiger partial charge in [0.1, 0.15) is 0 Å². The van der Waals surface area contributed by atoms with Crippen LogP contribution in [0.5, 0.6) is 0 Å². The van der Waals surface area contributed by atoms with Crippen LogP contribution in [0.2, 0.25) is 0 Å². The summed E-state index contributed by atoms with van der Waals surface area (Å²) in [7, 11) is 0. The molecule has 0 aliphatic carbocycles. The maximum Gasteiger partial charge on any atom is 0.166 e. The maximum absolute atomic E-state index is 5.27. The molecular formula is C57H57N5. The topological polar surface area (TPSA) is 56.5 Å². The van der Waals surface area contributed by atoms with Gasteiger partial charge < -0.3 is 4.57 Å². The fourth-order valence-corrected chi connectivity index (χ4v) is 8.86. The number of nitrogens with zero attached hydrogens (tertiary/aromatic N) is 5. The van der Waals surface area contributed by atoms with Crippen molar-refractivity contribution in [3.8, 4) is 51.1 Å². The van der Waals surface area contributed by atoms with E-state index < -0.39 is 0 Å². The van der Waals surface area contributed by atoms with Crippen molar-refractivity contribution in [1.82, 2.24) is 24.5 Å². The Balaban J connectivity index is 1.18. The molecule has 0 N–H and O–H groups in total. The SMILES string of the molecule is CCCCCCc1cc(C)cc(-n2c3ccccc3c3ccc(-c4ncc(-c5nc(-c6ccc(C(C)(C)C)cc6)nc(-c6ccc(C(C)(C)C)cc6)n5)c5ccccc45)cc32)c1. The first-order chi connectivity index (χ1) is 29.9. The highest BCUT2D eigenvalue weighted by Crippen LogP contribution is 2.39. The van der Waals surface area contributed by atoms with Crippen LogP contribution in [-0.4, -0.2) is 24.5 Å². The molecule has 0 saturated heterocycles. The van der Waals surface area contributed by atoms with Crippen LogP contribution in [0.4, 0.5) is 0 Å². The summed E-state index contributed by atoms with van der Waals surface area (Å²) >= 11 is 0. The Hall–Kier alpha value is -6.46. The van der Waals surface area contributed by atoms with Crippen molar-refractivity contribution in [2.24, 2.45) is 0 Å². The third-order valence-electron chi connectivity index (χ3n) is 12.3. The van der Waals surface area contributed by atoms with Gasteiger partial charge in [0.2, 0.25) is 0 Å². The molecule has 9 rings (SSSR count). The highest BCUT2D eigenvalue weighted by Gasteiger charge is 2.21. The van der Waals surface area contributed by atoms with Gasteiger partial charge in [0.15, 0.2) is 17.5 Å². The number of hydrogen-bond donors (Lipinski definition) is 0. The van der Waals surface area contributed by atoms with Gasteiger partial charge in [0, 0.05) is 50.3 Å². The van der Waals surface area contributed by atoms with Gasteiger partial charge in [-0.15, -0.1) is 0 Å². The van der Waals surface area contributed by atoms with Gasteiger partial charge >= 0.3 is 0 Å². The van der Waals surface area contributed by atoms with E-state index in [0.717, 1.165) is 45.1 Å². The molecule has 0 fully saturated rings. The molecule has 62 heavy (non-hydrogen) atoms. The van der Waals surface area contributed by atoms with Gasteiger partial charge in [0.25, 0.3) is 0 Å². The van der Waals surface area contributed by atoms with Crippen molar-refractivity contribution in [2.75, 3.05) is 0 Å². The second kappa shape index (κ2) is 16.4. The van der Waals surface area contributed by atoms with Gasteiger partial charge in [-0.05, 0) is 82.5 Å². The Kier molecular flexibility index (Phi) is 10.8. The van der Waals surface area contributed by atoms with Gasteiger partial charge in [-0.25, -0.2) is 15.0 Å². The van der Waals surface area contributed by atoms with E-state index >= 15 is 0 Å². The number of benzene rings is 6. The van der Waals surface area contributed by atoms with Crippen LogP contribution in [0, 0.1) is 6.92 Å². The average molecular weight is 812 g/mol. The minimum atomic E-state index is 0.0356. The van der Waals surface area contributed by atoms with E-state index in [9.17, 15) is 0 Å². The molecule has 9 aromatic rings. The standard InChI is InChI=1S/C57H57N5/c1-9-10-11-12-17-38-32-37(2)33-44(34-38)62-50-21-16-15-19-46(50)47-31-26-41(35-51(47)62)52-48-20-14-13-18-45(48)49(36-58-52)55-60-53(39-22-27-42(28-23-39)56(3,4)5)59-54(61-55)40-24-29-43(30-25-40)57(6,7)8/h13-16,18-36H,9-12,17H2,1-8H3. The molecule has 310 valence electrons. The van der Waals surface area contributed by atoms with Gasteiger partial charge in [-0.2, -0.15) is 0 Å². The predicted octanol–water partition coefficient (Wildman–Crippen LogP) is 15.2. The highest BCUT2D eigenvalue weighted by molar-refractivity contribution is 6.11. The number of rotatable bonds is 10. The van der Waals surface area contributed by atoms with Crippen LogP contribution in [-0.2, 0) is 17.3 Å². The lowest BCUT2D eigenvalue weighted by molar-refractivity contribution is 0.590. The van der Waals surface area contributed by atoms with E-state index in [1.807, 2.05) is 6.20 Å². The molecule has 0 radical (unpaired) electrons. The van der Waals surface area contributed by atoms with Gasteiger partial charge in [-0.3, -0.25) is 4.98 Å². The molecule has 5 nitrogen and oxygen atoms in total. The van der Waals surface area contributed by atoms with E-state index in [4.69, 9.17) is 19.9 Å². The Morgan fingerprint density at radius 3 is 1.69 bits per heavy atom. The zero-order chi connectivity index (χ0) is 43.2. The Morgan fingerprint density at radius 2 is 1.06 bits per heavy atom. The van der Waals surface area contributed by atoms with Crippen molar-refractivity contribution >= 4 is 32.6 Å². The monoisotopic (exact) mass is 811 g/mol. The van der Waals surface area contributed by atoms with Crippen LogP contribution in [0.15, 0.2) is 140 Å². The number of fused-ring (bicyclic) bond motifs is 4. The molecule has 3 heterocycles. The first kappa shape index (κ1) is 40.9. The summed E-state index contributed by atoms with van der Waals surface area (Å²) in [6, 6.07) is 48.5. The van der Waals surface area contributed by atoms with Crippen LogP contribution < -0.4 is 0 Å². The first-order valence-corrected chi connectivity index (χ1v) is 22.4. The first-order valence-electron chi connectivity index (χ1n) is 22.4. The fraction of sp³-hybridized carbons (Fsp3) is 0.263. The Labute approximate surface area is 367 Å². The number of aromatic nitrogens is 5. The Morgan fingerprint density at radius 1 is 0.500 bits per heavy atom. The predicted molar refractivity (Wildman–Crippen MR) is 261 cm³/mol. The summed E-state index contributed by atoms with van der Waals surface area (Å²) in [4.78, 5) is 20.7. The number of para-hydroxylation sites is 1. The summed E-state index contributed by atoms with van der Waals surface area (Å²) in [6.07, 6.45) is 8.06. The van der Waals surface area contributed by atoms with E-state index in [2.05, 4.69) is 193 Å². The summed E-state index contributed by atoms with van der Waals surface area (Å²) in [6.45, 7) is 17.9. The molecule has 0 aliphatic rings. The lowest BCUT2D eigenvalue weighted by Crippen LogP contribution is -2.11. The van der Waals surface area contributed by atoms with E-state index in [1.165, 1.54) is 75.4 Å². The number of pyridine rings is 1. The zero-order valence-corrected chi connectivity index (χ0v) is 37.6. The normalized spacial score (nSPS) is 12.2. The molecule has 0 aliphatic heterocycles. The third kappa shape index (κ3) is 8.04.